The molecule has 2 N–H and O–H groups in total. The van der Waals surface area contributed by atoms with Gasteiger partial charge in [0, 0.05) is 42.7 Å². The van der Waals surface area contributed by atoms with Crippen molar-refractivity contribution < 1.29 is 18.0 Å². The second kappa shape index (κ2) is 9.54. The molecule has 10 heteroatoms. The molecule has 182 valence electrons. The first kappa shape index (κ1) is 24.5. The zero-order chi connectivity index (χ0) is 24.5. The van der Waals surface area contributed by atoms with Gasteiger partial charge in [-0.15, -0.1) is 0 Å². The predicted molar refractivity (Wildman–Crippen MR) is 125 cm³/mol. The van der Waals surface area contributed by atoms with Crippen LogP contribution in [0.2, 0.25) is 5.02 Å². The van der Waals surface area contributed by atoms with E-state index in [9.17, 15) is 18.0 Å². The number of fused-ring (bicyclic) bond motifs is 1. The van der Waals surface area contributed by atoms with Gasteiger partial charge < -0.3 is 10.2 Å². The zero-order valence-corrected chi connectivity index (χ0v) is 19.7. The van der Waals surface area contributed by atoms with Crippen molar-refractivity contribution in [3.8, 4) is 0 Å². The van der Waals surface area contributed by atoms with Gasteiger partial charge in [0.2, 0.25) is 5.91 Å². The maximum absolute atomic E-state index is 13.9. The van der Waals surface area contributed by atoms with Crippen molar-refractivity contribution in [3.05, 3.63) is 59.0 Å². The molecule has 2 heterocycles. The molecule has 0 unspecified atom stereocenters. The molecule has 0 radical (unpaired) electrons. The van der Waals surface area contributed by atoms with Gasteiger partial charge in [-0.3, -0.25) is 14.9 Å². The van der Waals surface area contributed by atoms with Gasteiger partial charge in [-0.25, -0.2) is 0 Å². The van der Waals surface area contributed by atoms with Crippen LogP contribution in [0, 0.1) is 5.41 Å². The lowest BCUT2D eigenvalue weighted by atomic mass is 9.80. The van der Waals surface area contributed by atoms with Crippen molar-refractivity contribution in [1.82, 2.24) is 25.4 Å². The average Bonchev–Trinajstić information content (AvgIpc) is 3.47. The Bertz CT molecular complexity index is 1140. The first-order valence-corrected chi connectivity index (χ1v) is 11.5. The van der Waals surface area contributed by atoms with Crippen molar-refractivity contribution >= 4 is 28.4 Å². The van der Waals surface area contributed by atoms with Crippen molar-refractivity contribution in [1.29, 1.82) is 0 Å². The fraction of sp³-hybridized carbons (Fsp3) is 0.458. The second-order valence-electron chi connectivity index (χ2n) is 9.19. The number of hydrogen-bond acceptors (Lipinski definition) is 4. The number of alkyl halides is 3. The summed E-state index contributed by atoms with van der Waals surface area (Å²) < 4.78 is 41.7. The molecule has 0 aliphatic heterocycles. The number of aromatic amines is 1. The van der Waals surface area contributed by atoms with E-state index in [4.69, 9.17) is 11.6 Å². The van der Waals surface area contributed by atoms with Gasteiger partial charge in [-0.1, -0.05) is 23.7 Å². The van der Waals surface area contributed by atoms with E-state index in [0.717, 1.165) is 16.5 Å². The summed E-state index contributed by atoms with van der Waals surface area (Å²) in [4.78, 5) is 18.8. The minimum absolute atomic E-state index is 0.0264. The molecule has 0 bridgehead atoms. The molecule has 3 aromatic rings. The molecule has 1 saturated carbocycles. The molecule has 2 aromatic heterocycles. The number of carbonyl (C=O) groups is 1. The summed E-state index contributed by atoms with van der Waals surface area (Å²) in [5.41, 5.74) is 0.327. The average molecular weight is 494 g/mol. The van der Waals surface area contributed by atoms with Gasteiger partial charge in [-0.2, -0.15) is 18.3 Å². The Kier molecular flexibility index (Phi) is 6.87. The highest BCUT2D eigenvalue weighted by Gasteiger charge is 2.67. The molecule has 1 aromatic carbocycles. The number of H-pyrrole nitrogens is 1. The number of hydrogen-bond donors (Lipinski definition) is 2. The van der Waals surface area contributed by atoms with Gasteiger partial charge in [-0.05, 0) is 56.6 Å². The van der Waals surface area contributed by atoms with Crippen molar-refractivity contribution in [2.75, 3.05) is 20.6 Å². The van der Waals surface area contributed by atoms with Gasteiger partial charge in [0.1, 0.15) is 0 Å². The van der Waals surface area contributed by atoms with Crippen molar-refractivity contribution in [2.24, 2.45) is 5.41 Å². The molecular weight excluding hydrogens is 467 g/mol. The molecule has 0 spiro atoms. The Hall–Kier alpha value is -2.65. The van der Waals surface area contributed by atoms with Crippen molar-refractivity contribution in [2.45, 2.75) is 43.8 Å². The van der Waals surface area contributed by atoms with Gasteiger partial charge in [0.15, 0.2) is 0 Å². The number of nitrogens with zero attached hydrogens (tertiary/aromatic N) is 3. The summed E-state index contributed by atoms with van der Waals surface area (Å²) in [5, 5.41) is 11.2. The lowest BCUT2D eigenvalue weighted by Gasteiger charge is -2.30. The highest BCUT2D eigenvalue weighted by atomic mass is 35.5. The van der Waals surface area contributed by atoms with E-state index in [1.54, 1.807) is 18.3 Å². The van der Waals surface area contributed by atoms with Gasteiger partial charge in [0.05, 0.1) is 22.2 Å². The Morgan fingerprint density at radius 1 is 1.26 bits per heavy atom. The third-order valence-corrected chi connectivity index (χ3v) is 7.30. The van der Waals surface area contributed by atoms with Crippen LogP contribution in [0.25, 0.3) is 10.9 Å². The Balaban J connectivity index is 1.45. The number of rotatable bonds is 9. The second-order valence-corrected chi connectivity index (χ2v) is 9.57. The summed E-state index contributed by atoms with van der Waals surface area (Å²) in [6.45, 7) is 0.282. The van der Waals surface area contributed by atoms with Gasteiger partial charge in [0.25, 0.3) is 0 Å². The van der Waals surface area contributed by atoms with E-state index in [0.29, 0.717) is 17.0 Å². The van der Waals surface area contributed by atoms with Crippen LogP contribution >= 0.6 is 11.6 Å². The summed E-state index contributed by atoms with van der Waals surface area (Å²) in [6.07, 6.45) is 0.612. The number of halogens is 4. The van der Waals surface area contributed by atoms with Gasteiger partial charge >= 0.3 is 6.18 Å². The Labute approximate surface area is 200 Å². The summed E-state index contributed by atoms with van der Waals surface area (Å²) in [5.74, 6) is -1.37. The van der Waals surface area contributed by atoms with E-state index in [1.807, 2.05) is 31.1 Å². The Morgan fingerprint density at radius 2 is 2.03 bits per heavy atom. The minimum atomic E-state index is -4.37. The third kappa shape index (κ3) is 4.90. The Morgan fingerprint density at radius 3 is 2.65 bits per heavy atom. The lowest BCUT2D eigenvalue weighted by molar-refractivity contribution is -0.194. The zero-order valence-electron chi connectivity index (χ0n) is 19.0. The highest BCUT2D eigenvalue weighted by Crippen LogP contribution is 2.66. The number of benzene rings is 1. The molecule has 1 fully saturated rings. The van der Waals surface area contributed by atoms with E-state index < -0.39 is 23.4 Å². The van der Waals surface area contributed by atoms with E-state index in [1.165, 1.54) is 12.4 Å². The fourth-order valence-corrected chi connectivity index (χ4v) is 4.84. The molecule has 0 saturated heterocycles. The first-order chi connectivity index (χ1) is 16.1. The van der Waals surface area contributed by atoms with Crippen LogP contribution < -0.4 is 5.32 Å². The van der Waals surface area contributed by atoms with E-state index >= 15 is 0 Å². The largest absolute Gasteiger partial charge is 0.395 e. The molecular formula is C24H27ClF3N5O. The number of carbonyl (C=O) groups excluding carboxylic acids is 1. The number of aromatic nitrogens is 3. The maximum Gasteiger partial charge on any atom is 0.395 e. The maximum atomic E-state index is 13.9. The third-order valence-electron chi connectivity index (χ3n) is 6.86. The molecule has 34 heavy (non-hydrogen) atoms. The van der Waals surface area contributed by atoms with Crippen molar-refractivity contribution in [3.63, 3.8) is 0 Å². The summed E-state index contributed by atoms with van der Waals surface area (Å²) in [7, 11) is 3.78. The first-order valence-electron chi connectivity index (χ1n) is 11.1. The molecule has 1 amide bonds. The fourth-order valence-electron chi connectivity index (χ4n) is 4.54. The monoisotopic (exact) mass is 493 g/mol. The molecule has 1 aliphatic rings. The quantitative estimate of drug-likeness (QED) is 0.452. The molecule has 4 rings (SSSR count). The van der Waals surface area contributed by atoms with Crippen LogP contribution in [-0.2, 0) is 11.2 Å². The van der Waals surface area contributed by atoms with Crippen LogP contribution in [0.4, 0.5) is 13.2 Å². The summed E-state index contributed by atoms with van der Waals surface area (Å²) >= 11 is 6.55. The van der Waals surface area contributed by atoms with E-state index in [-0.39, 0.29) is 31.8 Å². The smallest absolute Gasteiger partial charge is 0.355 e. The molecule has 6 nitrogen and oxygen atoms in total. The van der Waals surface area contributed by atoms with Crippen LogP contribution in [0.5, 0.6) is 0 Å². The number of pyridine rings is 1. The predicted octanol–water partition coefficient (Wildman–Crippen LogP) is 4.72. The number of nitrogens with one attached hydrogen (secondary N) is 2. The summed E-state index contributed by atoms with van der Waals surface area (Å²) in [6, 6.07) is 6.95. The molecule has 1 aliphatic carbocycles. The molecule has 2 atom stereocenters. The highest BCUT2D eigenvalue weighted by molar-refractivity contribution is 6.36. The standard InChI is InChI=1S/C24H27ClF3N5O/c1-33(2)17(10-15-5-6-20-18(22(15)25)14-31-32-20)13-30-21(34)11-19(16-4-3-9-29-12-16)23(7-8-23)24(26,27)28/h3-6,9,12,14,17,19H,7-8,10-11,13H2,1-2H3,(H,30,34)(H,31,32)/t17-,19+/m0/s1. The number of likely N-dealkylation sites (N-methyl/N-ethyl adjacent to an activating group) is 1. The van der Waals surface area contributed by atoms with Crippen LogP contribution in [-0.4, -0.2) is 58.8 Å². The van der Waals surface area contributed by atoms with Crippen LogP contribution in [0.3, 0.4) is 0 Å². The van der Waals surface area contributed by atoms with Crippen LogP contribution in [0.1, 0.15) is 36.3 Å². The normalized spacial score (nSPS) is 17.0. The van der Waals surface area contributed by atoms with E-state index in [2.05, 4.69) is 20.5 Å². The topological polar surface area (TPSA) is 73.9 Å². The number of amides is 1. The van der Waals surface area contributed by atoms with Crippen LogP contribution in [0.15, 0.2) is 42.9 Å². The lowest BCUT2D eigenvalue weighted by Crippen LogP contribution is -2.42. The minimum Gasteiger partial charge on any atom is -0.355 e. The SMILES string of the molecule is CN(C)[C@H](CNC(=O)C[C@H](c1cccnc1)C1(C(F)(F)F)CC1)Cc1ccc2[nH]ncc2c1Cl.